The maximum atomic E-state index is 13.6. The van der Waals surface area contributed by atoms with Gasteiger partial charge < -0.3 is 15.2 Å². The Morgan fingerprint density at radius 2 is 1.94 bits per heavy atom. The number of H-pyrrole nitrogens is 1. The van der Waals surface area contributed by atoms with Crippen molar-refractivity contribution in [3.05, 3.63) is 75.2 Å². The van der Waals surface area contributed by atoms with Crippen LogP contribution < -0.4 is 16.0 Å². The fourth-order valence-corrected chi connectivity index (χ4v) is 3.87. The first-order valence-corrected chi connectivity index (χ1v) is 11.4. The molecule has 1 atom stereocenters. The molecule has 1 unspecified atom stereocenters. The van der Waals surface area contributed by atoms with Gasteiger partial charge in [-0.2, -0.15) is 0 Å². The normalized spacial score (nSPS) is 12.5. The van der Waals surface area contributed by atoms with Crippen LogP contribution >= 0.6 is 11.6 Å². The monoisotopic (exact) mass is 484 g/mol. The van der Waals surface area contributed by atoms with E-state index in [1.54, 1.807) is 6.92 Å². The van der Waals surface area contributed by atoms with Gasteiger partial charge in [-0.3, -0.25) is 4.79 Å². The van der Waals surface area contributed by atoms with E-state index < -0.39 is 45.0 Å². The summed E-state index contributed by atoms with van der Waals surface area (Å²) in [6.07, 6.45) is 1.37. The smallest absolute Gasteiger partial charge is 0.322 e. The summed E-state index contributed by atoms with van der Waals surface area (Å²) in [7, 11) is -3.91. The highest BCUT2D eigenvalue weighted by Gasteiger charge is 2.25. The van der Waals surface area contributed by atoms with Crippen LogP contribution in [-0.2, 0) is 10.0 Å². The Kier molecular flexibility index (Phi) is 6.82. The van der Waals surface area contributed by atoms with Gasteiger partial charge in [-0.15, -0.1) is 0 Å². The fourth-order valence-electron chi connectivity index (χ4n) is 3.23. The van der Waals surface area contributed by atoms with Gasteiger partial charge in [-0.05, 0) is 48.2 Å². The zero-order valence-corrected chi connectivity index (χ0v) is 18.3. The van der Waals surface area contributed by atoms with Crippen LogP contribution in [0.15, 0.2) is 47.4 Å². The molecule has 0 saturated carbocycles. The number of benzene rings is 2. The molecular formula is C20H19ClF2N4O4S. The minimum Gasteiger partial charge on any atom is -0.328 e. The molecule has 0 aliphatic rings. The molecule has 8 nitrogen and oxygen atoms in total. The third-order valence-corrected chi connectivity index (χ3v) is 5.90. The number of aromatic nitrogens is 1. The first-order valence-electron chi connectivity index (χ1n) is 9.30. The Balaban J connectivity index is 2.00. The number of nitrogens with one attached hydrogen (secondary N) is 2. The van der Waals surface area contributed by atoms with E-state index in [9.17, 15) is 26.8 Å². The van der Waals surface area contributed by atoms with Crippen molar-refractivity contribution in [3.63, 3.8) is 0 Å². The second-order valence-corrected chi connectivity index (χ2v) is 9.20. The first kappa shape index (κ1) is 23.6. The van der Waals surface area contributed by atoms with E-state index in [0.29, 0.717) is 10.9 Å². The van der Waals surface area contributed by atoms with E-state index in [1.165, 1.54) is 35.4 Å². The predicted octanol–water partition coefficient (Wildman–Crippen LogP) is 3.34. The molecule has 0 bridgehead atoms. The van der Waals surface area contributed by atoms with Gasteiger partial charge >= 0.3 is 6.03 Å². The molecule has 0 fully saturated rings. The molecule has 4 N–H and O–H groups in total. The lowest BCUT2D eigenvalue weighted by Crippen LogP contribution is -2.41. The molecule has 0 radical (unpaired) electrons. The van der Waals surface area contributed by atoms with Crippen LogP contribution in [-0.4, -0.2) is 36.6 Å². The summed E-state index contributed by atoms with van der Waals surface area (Å²) in [6.45, 7) is 1.32. The molecule has 1 heterocycles. The molecule has 3 rings (SSSR count). The molecule has 0 saturated heterocycles. The number of halogens is 3. The molecule has 0 aliphatic carbocycles. The zero-order valence-electron chi connectivity index (χ0n) is 16.7. The molecule has 32 heavy (non-hydrogen) atoms. The van der Waals surface area contributed by atoms with E-state index in [-0.39, 0.29) is 22.6 Å². The summed E-state index contributed by atoms with van der Waals surface area (Å²) in [4.78, 5) is 28.8. The number of aromatic amines is 1. The summed E-state index contributed by atoms with van der Waals surface area (Å²) in [5.74, 6) is -1.81. The highest BCUT2D eigenvalue weighted by molar-refractivity contribution is 7.89. The Hall–Kier alpha value is -3.02. The van der Waals surface area contributed by atoms with Crippen LogP contribution in [0.3, 0.4) is 0 Å². The molecule has 3 aromatic rings. The molecule has 2 amide bonds. The number of anilines is 1. The van der Waals surface area contributed by atoms with Gasteiger partial charge in [0, 0.05) is 18.4 Å². The summed E-state index contributed by atoms with van der Waals surface area (Å²) >= 11 is 5.75. The van der Waals surface area contributed by atoms with Crippen LogP contribution in [0.2, 0.25) is 5.02 Å². The number of carbonyl (C=O) groups is 1. The van der Waals surface area contributed by atoms with Gasteiger partial charge in [0.05, 0.1) is 22.2 Å². The number of amides is 2. The van der Waals surface area contributed by atoms with Gasteiger partial charge in [0.15, 0.2) is 0 Å². The average molecular weight is 485 g/mol. The number of hydrogen-bond acceptors (Lipinski definition) is 4. The van der Waals surface area contributed by atoms with E-state index in [2.05, 4.69) is 10.3 Å². The van der Waals surface area contributed by atoms with Gasteiger partial charge in [-0.1, -0.05) is 17.7 Å². The standard InChI is InChI=1S/C20H19ClF2N4O4S/c1-11(16-10-25-19(28)15-8-12(22)2-4-14(15)16)27(6-7-32(24,30)31)20(29)26-13-3-5-18(23)17(21)9-13/h2-5,8-11H,6-7H2,1H3,(H,25,28)(H,26,29)(H2,24,30,31). The molecule has 12 heteroatoms. The number of hydrogen-bond donors (Lipinski definition) is 3. The van der Waals surface area contributed by atoms with Gasteiger partial charge in [-0.25, -0.2) is 27.1 Å². The topological polar surface area (TPSA) is 125 Å². The van der Waals surface area contributed by atoms with Crippen molar-refractivity contribution in [1.82, 2.24) is 9.88 Å². The third-order valence-electron chi connectivity index (χ3n) is 4.86. The largest absolute Gasteiger partial charge is 0.328 e. The average Bonchev–Trinajstić information content (AvgIpc) is 2.70. The predicted molar refractivity (Wildman–Crippen MR) is 118 cm³/mol. The van der Waals surface area contributed by atoms with E-state index in [0.717, 1.165) is 12.1 Å². The van der Waals surface area contributed by atoms with Crippen LogP contribution in [0.5, 0.6) is 0 Å². The van der Waals surface area contributed by atoms with Crippen LogP contribution in [0.1, 0.15) is 18.5 Å². The molecule has 0 aliphatic heterocycles. The summed E-state index contributed by atoms with van der Waals surface area (Å²) < 4.78 is 50.1. The number of primary sulfonamides is 1. The van der Waals surface area contributed by atoms with Gasteiger partial charge in [0.2, 0.25) is 10.0 Å². The van der Waals surface area contributed by atoms with Crippen molar-refractivity contribution in [3.8, 4) is 0 Å². The first-order chi connectivity index (χ1) is 15.0. The Morgan fingerprint density at radius 3 is 2.59 bits per heavy atom. The number of pyridine rings is 1. The Labute approximate surface area is 187 Å². The highest BCUT2D eigenvalue weighted by Crippen LogP contribution is 2.28. The Bertz CT molecular complexity index is 1350. The number of fused-ring (bicyclic) bond motifs is 1. The molecular weight excluding hydrogens is 466 g/mol. The maximum absolute atomic E-state index is 13.6. The fraction of sp³-hybridized carbons (Fsp3) is 0.200. The number of sulfonamides is 1. The number of urea groups is 1. The van der Waals surface area contributed by atoms with Crippen molar-refractivity contribution in [1.29, 1.82) is 0 Å². The lowest BCUT2D eigenvalue weighted by atomic mass is 10.0. The zero-order chi connectivity index (χ0) is 23.6. The number of rotatable bonds is 6. The summed E-state index contributed by atoms with van der Waals surface area (Å²) in [5, 5.41) is 7.90. The van der Waals surface area contributed by atoms with Gasteiger partial charge in [0.1, 0.15) is 11.6 Å². The minimum absolute atomic E-state index is 0.0754. The SMILES string of the molecule is CC(c1c[nH]c(=O)c2cc(F)ccc12)N(CCS(N)(=O)=O)C(=O)Nc1ccc(F)c(Cl)c1. The lowest BCUT2D eigenvalue weighted by Gasteiger charge is -2.30. The van der Waals surface area contributed by atoms with Crippen molar-refractivity contribution < 1.29 is 22.0 Å². The van der Waals surface area contributed by atoms with E-state index in [1.807, 2.05) is 0 Å². The lowest BCUT2D eigenvalue weighted by molar-refractivity contribution is 0.197. The quantitative estimate of drug-likeness (QED) is 0.496. The van der Waals surface area contributed by atoms with Gasteiger partial charge in [0.25, 0.3) is 5.56 Å². The van der Waals surface area contributed by atoms with E-state index in [4.69, 9.17) is 16.7 Å². The number of nitrogens with zero attached hydrogens (tertiary/aromatic N) is 1. The summed E-state index contributed by atoms with van der Waals surface area (Å²) in [6, 6.07) is 5.73. The van der Waals surface area contributed by atoms with Crippen molar-refractivity contribution in [2.24, 2.45) is 5.14 Å². The van der Waals surface area contributed by atoms with Crippen LogP contribution in [0, 0.1) is 11.6 Å². The molecule has 170 valence electrons. The number of carbonyl (C=O) groups excluding carboxylic acids is 1. The maximum Gasteiger partial charge on any atom is 0.322 e. The second-order valence-electron chi connectivity index (χ2n) is 7.06. The molecule has 2 aromatic carbocycles. The third kappa shape index (κ3) is 5.42. The van der Waals surface area contributed by atoms with Crippen molar-refractivity contribution >= 4 is 44.1 Å². The van der Waals surface area contributed by atoms with Crippen molar-refractivity contribution in [2.45, 2.75) is 13.0 Å². The van der Waals surface area contributed by atoms with Crippen molar-refractivity contribution in [2.75, 3.05) is 17.6 Å². The van der Waals surface area contributed by atoms with Crippen LogP contribution in [0.4, 0.5) is 19.3 Å². The molecule has 1 aromatic heterocycles. The number of nitrogens with two attached hydrogens (primary N) is 1. The molecule has 0 spiro atoms. The minimum atomic E-state index is -3.91. The highest BCUT2D eigenvalue weighted by atomic mass is 35.5. The second kappa shape index (κ2) is 9.23. The van der Waals surface area contributed by atoms with Crippen LogP contribution in [0.25, 0.3) is 10.8 Å². The Morgan fingerprint density at radius 1 is 1.22 bits per heavy atom. The summed E-state index contributed by atoms with van der Waals surface area (Å²) in [5.41, 5.74) is 0.112. The van der Waals surface area contributed by atoms with E-state index >= 15 is 0 Å².